The Bertz CT molecular complexity index is 386. The third-order valence-corrected chi connectivity index (χ3v) is 2.72. The monoisotopic (exact) mass is 206 g/mol. The fourth-order valence-electron chi connectivity index (χ4n) is 1.56. The topological polar surface area (TPSA) is 75.3 Å². The molecule has 4 N–H and O–H groups in total. The normalized spacial score (nSPS) is 15.7. The number of nitrogens with two attached hydrogens (primary N) is 1. The van der Waals surface area contributed by atoms with E-state index in [-0.39, 0.29) is 17.7 Å². The molecular formula is C11H14N2O2. The van der Waals surface area contributed by atoms with Crippen molar-refractivity contribution >= 4 is 11.6 Å². The van der Waals surface area contributed by atoms with Crippen molar-refractivity contribution < 1.29 is 9.90 Å². The van der Waals surface area contributed by atoms with Crippen LogP contribution in [0.5, 0.6) is 5.75 Å². The molecule has 1 amide bonds. The van der Waals surface area contributed by atoms with Gasteiger partial charge in [0.1, 0.15) is 5.75 Å². The number of nitrogens with one attached hydrogen (secondary N) is 1. The van der Waals surface area contributed by atoms with Crippen molar-refractivity contribution in [2.45, 2.75) is 25.3 Å². The Labute approximate surface area is 88.1 Å². The summed E-state index contributed by atoms with van der Waals surface area (Å²) >= 11 is 0. The van der Waals surface area contributed by atoms with E-state index in [0.717, 1.165) is 12.8 Å². The lowest BCUT2D eigenvalue weighted by molar-refractivity contribution is 0.0917. The minimum absolute atomic E-state index is 0.0583. The van der Waals surface area contributed by atoms with Crippen LogP contribution in [0.2, 0.25) is 0 Å². The molecule has 0 radical (unpaired) electrons. The molecule has 1 aliphatic carbocycles. The van der Waals surface area contributed by atoms with Crippen LogP contribution >= 0.6 is 0 Å². The van der Waals surface area contributed by atoms with Gasteiger partial charge in [-0.3, -0.25) is 4.79 Å². The molecule has 0 saturated heterocycles. The zero-order valence-electron chi connectivity index (χ0n) is 8.36. The van der Waals surface area contributed by atoms with Crippen molar-refractivity contribution in [3.05, 3.63) is 23.8 Å². The molecule has 0 aliphatic heterocycles. The third kappa shape index (κ3) is 2.03. The molecule has 1 aliphatic rings. The summed E-state index contributed by atoms with van der Waals surface area (Å²) in [5.74, 6) is -0.143. The predicted molar refractivity (Wildman–Crippen MR) is 57.6 cm³/mol. The summed E-state index contributed by atoms with van der Waals surface area (Å²) in [6.07, 6.45) is 3.23. The Kier molecular flexibility index (Phi) is 2.49. The average Bonchev–Trinajstić information content (AvgIpc) is 2.15. The molecule has 2 rings (SSSR count). The molecule has 4 heteroatoms. The number of amides is 1. The molecule has 0 heterocycles. The summed E-state index contributed by atoms with van der Waals surface area (Å²) in [5.41, 5.74) is 6.40. The van der Waals surface area contributed by atoms with E-state index in [1.807, 2.05) is 0 Å². The number of carbonyl (C=O) groups excluding carboxylic acids is 1. The van der Waals surface area contributed by atoms with Crippen LogP contribution < -0.4 is 11.1 Å². The van der Waals surface area contributed by atoms with E-state index in [4.69, 9.17) is 5.73 Å². The maximum Gasteiger partial charge on any atom is 0.253 e. The van der Waals surface area contributed by atoms with E-state index in [9.17, 15) is 9.90 Å². The van der Waals surface area contributed by atoms with Crippen molar-refractivity contribution in [3.63, 3.8) is 0 Å². The molecular weight excluding hydrogens is 192 g/mol. The Hall–Kier alpha value is -1.71. The zero-order valence-corrected chi connectivity index (χ0v) is 8.36. The van der Waals surface area contributed by atoms with Gasteiger partial charge in [0.05, 0.1) is 5.56 Å². The van der Waals surface area contributed by atoms with Gasteiger partial charge in [-0.05, 0) is 37.5 Å². The number of phenolic OH excluding ortho intramolecular Hbond substituents is 1. The van der Waals surface area contributed by atoms with E-state index in [2.05, 4.69) is 5.32 Å². The minimum atomic E-state index is -0.201. The Morgan fingerprint density at radius 2 is 2.20 bits per heavy atom. The maximum absolute atomic E-state index is 11.7. The molecule has 0 unspecified atom stereocenters. The van der Waals surface area contributed by atoms with Crippen molar-refractivity contribution in [3.8, 4) is 5.75 Å². The number of rotatable bonds is 2. The number of anilines is 1. The molecule has 1 aromatic carbocycles. The summed E-state index contributed by atoms with van der Waals surface area (Å²) in [6.45, 7) is 0. The highest BCUT2D eigenvalue weighted by molar-refractivity contribution is 5.99. The molecule has 0 atom stereocenters. The molecule has 15 heavy (non-hydrogen) atoms. The first-order valence-electron chi connectivity index (χ1n) is 5.06. The fraction of sp³-hybridized carbons (Fsp3) is 0.364. The van der Waals surface area contributed by atoms with Gasteiger partial charge in [-0.2, -0.15) is 0 Å². The summed E-state index contributed by atoms with van der Waals surface area (Å²) in [6, 6.07) is 4.67. The quantitative estimate of drug-likeness (QED) is 0.503. The molecule has 80 valence electrons. The summed E-state index contributed by atoms with van der Waals surface area (Å²) in [7, 11) is 0. The van der Waals surface area contributed by atoms with Gasteiger partial charge in [-0.1, -0.05) is 0 Å². The Morgan fingerprint density at radius 3 is 2.80 bits per heavy atom. The smallest absolute Gasteiger partial charge is 0.253 e. The first kappa shape index (κ1) is 9.83. The van der Waals surface area contributed by atoms with Crippen molar-refractivity contribution in [2.24, 2.45) is 0 Å². The summed E-state index contributed by atoms with van der Waals surface area (Å²) in [4.78, 5) is 11.7. The van der Waals surface area contributed by atoms with Crippen LogP contribution in [0, 0.1) is 0 Å². The lowest BCUT2D eigenvalue weighted by atomic mass is 9.93. The number of benzene rings is 1. The Morgan fingerprint density at radius 1 is 1.47 bits per heavy atom. The lowest BCUT2D eigenvalue weighted by Gasteiger charge is -2.26. The van der Waals surface area contributed by atoms with Crippen LogP contribution in [-0.4, -0.2) is 17.1 Å². The van der Waals surface area contributed by atoms with Crippen LogP contribution in [0.25, 0.3) is 0 Å². The maximum atomic E-state index is 11.7. The number of hydrogen-bond donors (Lipinski definition) is 3. The summed E-state index contributed by atoms with van der Waals surface area (Å²) < 4.78 is 0. The Balaban J connectivity index is 2.12. The lowest BCUT2D eigenvalue weighted by Crippen LogP contribution is -2.39. The highest BCUT2D eigenvalue weighted by Gasteiger charge is 2.21. The van der Waals surface area contributed by atoms with Gasteiger partial charge in [0.2, 0.25) is 0 Å². The van der Waals surface area contributed by atoms with Crippen molar-refractivity contribution in [1.82, 2.24) is 5.32 Å². The van der Waals surface area contributed by atoms with Crippen molar-refractivity contribution in [1.29, 1.82) is 0 Å². The van der Waals surface area contributed by atoms with E-state index in [1.54, 1.807) is 0 Å². The highest BCUT2D eigenvalue weighted by atomic mass is 16.3. The fourth-order valence-corrected chi connectivity index (χ4v) is 1.56. The molecule has 4 nitrogen and oxygen atoms in total. The molecule has 1 aromatic rings. The van der Waals surface area contributed by atoms with E-state index in [0.29, 0.717) is 11.3 Å². The molecule has 1 saturated carbocycles. The van der Waals surface area contributed by atoms with Crippen molar-refractivity contribution in [2.75, 3.05) is 5.73 Å². The van der Waals surface area contributed by atoms with Gasteiger partial charge in [0.25, 0.3) is 5.91 Å². The molecule has 0 spiro atoms. The second kappa shape index (κ2) is 3.81. The third-order valence-electron chi connectivity index (χ3n) is 2.72. The number of aromatic hydroxyl groups is 1. The van der Waals surface area contributed by atoms with Gasteiger partial charge in [0, 0.05) is 11.7 Å². The first-order valence-corrected chi connectivity index (χ1v) is 5.06. The first-order chi connectivity index (χ1) is 7.16. The van der Waals surface area contributed by atoms with Crippen LogP contribution in [-0.2, 0) is 0 Å². The number of phenols is 1. The second-order valence-corrected chi connectivity index (χ2v) is 3.87. The van der Waals surface area contributed by atoms with Crippen LogP contribution in [0.4, 0.5) is 5.69 Å². The van der Waals surface area contributed by atoms with Gasteiger partial charge in [0.15, 0.2) is 0 Å². The number of nitrogen functional groups attached to an aromatic ring is 1. The summed E-state index contributed by atoms with van der Waals surface area (Å²) in [5, 5.41) is 12.1. The zero-order chi connectivity index (χ0) is 10.8. The molecule has 1 fully saturated rings. The van der Waals surface area contributed by atoms with E-state index < -0.39 is 0 Å². The van der Waals surface area contributed by atoms with Gasteiger partial charge < -0.3 is 16.2 Å². The largest absolute Gasteiger partial charge is 0.508 e. The molecule has 0 aromatic heterocycles. The van der Waals surface area contributed by atoms with Crippen LogP contribution in [0.15, 0.2) is 18.2 Å². The van der Waals surface area contributed by atoms with Gasteiger partial charge >= 0.3 is 0 Å². The predicted octanol–water partition coefficient (Wildman–Crippen LogP) is 1.26. The number of hydrogen-bond acceptors (Lipinski definition) is 3. The SMILES string of the molecule is Nc1ccc(O)cc1C(=O)NC1CCC1. The van der Waals surface area contributed by atoms with E-state index in [1.165, 1.54) is 24.6 Å². The van der Waals surface area contributed by atoms with Crippen LogP contribution in [0.3, 0.4) is 0 Å². The second-order valence-electron chi connectivity index (χ2n) is 3.87. The van der Waals surface area contributed by atoms with Gasteiger partial charge in [-0.25, -0.2) is 0 Å². The standard InChI is InChI=1S/C11H14N2O2/c12-10-5-4-8(14)6-9(10)11(15)13-7-2-1-3-7/h4-7,14H,1-3,12H2,(H,13,15). The number of carbonyl (C=O) groups is 1. The highest BCUT2D eigenvalue weighted by Crippen LogP contribution is 2.21. The van der Waals surface area contributed by atoms with E-state index >= 15 is 0 Å². The minimum Gasteiger partial charge on any atom is -0.508 e. The van der Waals surface area contributed by atoms with Crippen LogP contribution in [0.1, 0.15) is 29.6 Å². The molecule has 0 bridgehead atoms. The van der Waals surface area contributed by atoms with Gasteiger partial charge in [-0.15, -0.1) is 0 Å². The average molecular weight is 206 g/mol.